The number of hydrogen-bond donors (Lipinski definition) is 1. The maximum Gasteiger partial charge on any atom is 0.148 e. The van der Waals surface area contributed by atoms with E-state index in [1.165, 1.54) is 17.7 Å². The van der Waals surface area contributed by atoms with E-state index in [2.05, 4.69) is 21.3 Å². The predicted molar refractivity (Wildman–Crippen MR) is 93.0 cm³/mol. The summed E-state index contributed by atoms with van der Waals surface area (Å²) in [5.74, 6) is -1.35. The molecule has 1 aromatic heterocycles. The standard InChI is InChI=1S/C19H18ClF2N3/c20-14-4-5-15(21)18(19(14)22)13-8-17-16(24-11-25(17)10-13)6-3-12-2-1-7-23-9-12/h1-2,4-5,7,9,13,24H,3,6,8,10-11H2/t13-/m1/s1. The first-order valence-corrected chi connectivity index (χ1v) is 8.74. The van der Waals surface area contributed by atoms with Crippen LogP contribution in [0.3, 0.4) is 0 Å². The Morgan fingerprint density at radius 2 is 2.12 bits per heavy atom. The van der Waals surface area contributed by atoms with Crippen LogP contribution in [0, 0.1) is 11.6 Å². The first-order valence-electron chi connectivity index (χ1n) is 8.36. The minimum absolute atomic E-state index is 0.0210. The molecule has 1 N–H and O–H groups in total. The molecule has 2 aliphatic heterocycles. The fourth-order valence-corrected chi connectivity index (χ4v) is 3.89. The minimum atomic E-state index is -0.627. The summed E-state index contributed by atoms with van der Waals surface area (Å²) in [5, 5.41) is 3.39. The van der Waals surface area contributed by atoms with Gasteiger partial charge in [0, 0.05) is 41.8 Å². The van der Waals surface area contributed by atoms with E-state index in [1.54, 1.807) is 6.20 Å². The molecule has 0 radical (unpaired) electrons. The third-order valence-corrected chi connectivity index (χ3v) is 5.26. The summed E-state index contributed by atoms with van der Waals surface area (Å²) < 4.78 is 28.5. The molecule has 1 aromatic carbocycles. The molecule has 1 saturated heterocycles. The molecule has 2 aromatic rings. The van der Waals surface area contributed by atoms with E-state index in [0.29, 0.717) is 19.6 Å². The Kier molecular flexibility index (Phi) is 4.34. The Balaban J connectivity index is 1.54. The normalized spacial score (nSPS) is 19.3. The first kappa shape index (κ1) is 16.3. The molecule has 130 valence electrons. The number of aryl methyl sites for hydroxylation is 1. The van der Waals surface area contributed by atoms with Gasteiger partial charge in [0.2, 0.25) is 0 Å². The monoisotopic (exact) mass is 361 g/mol. The molecule has 6 heteroatoms. The van der Waals surface area contributed by atoms with Gasteiger partial charge in [-0.2, -0.15) is 0 Å². The van der Waals surface area contributed by atoms with Gasteiger partial charge >= 0.3 is 0 Å². The Bertz CT molecular complexity index is 823. The number of aromatic nitrogens is 1. The van der Waals surface area contributed by atoms with Gasteiger partial charge in [0.25, 0.3) is 0 Å². The molecule has 0 spiro atoms. The molecule has 2 aliphatic rings. The van der Waals surface area contributed by atoms with Gasteiger partial charge in [0.05, 0.1) is 11.7 Å². The Hall–Kier alpha value is -2.14. The highest BCUT2D eigenvalue weighted by Gasteiger charge is 2.36. The van der Waals surface area contributed by atoms with Gasteiger partial charge in [0.15, 0.2) is 0 Å². The lowest BCUT2D eigenvalue weighted by Gasteiger charge is -2.15. The number of fused-ring (bicyclic) bond motifs is 1. The van der Waals surface area contributed by atoms with Crippen LogP contribution in [0.5, 0.6) is 0 Å². The van der Waals surface area contributed by atoms with Crippen molar-refractivity contribution in [2.45, 2.75) is 25.2 Å². The molecule has 0 amide bonds. The van der Waals surface area contributed by atoms with Crippen LogP contribution in [0.15, 0.2) is 48.1 Å². The predicted octanol–water partition coefficient (Wildman–Crippen LogP) is 4.21. The second-order valence-corrected chi connectivity index (χ2v) is 6.91. The van der Waals surface area contributed by atoms with Crippen LogP contribution < -0.4 is 5.32 Å². The van der Waals surface area contributed by atoms with Crippen LogP contribution in [-0.4, -0.2) is 23.1 Å². The average Bonchev–Trinajstić information content (AvgIpc) is 3.19. The van der Waals surface area contributed by atoms with Crippen LogP contribution in [0.1, 0.15) is 29.9 Å². The first-order chi connectivity index (χ1) is 12.1. The van der Waals surface area contributed by atoms with Crippen molar-refractivity contribution in [1.82, 2.24) is 15.2 Å². The molecule has 1 fully saturated rings. The Morgan fingerprint density at radius 3 is 2.92 bits per heavy atom. The highest BCUT2D eigenvalue weighted by atomic mass is 35.5. The number of pyridine rings is 1. The van der Waals surface area contributed by atoms with Gasteiger partial charge < -0.3 is 10.2 Å². The average molecular weight is 362 g/mol. The molecular weight excluding hydrogens is 344 g/mol. The Morgan fingerprint density at radius 1 is 1.24 bits per heavy atom. The van der Waals surface area contributed by atoms with Gasteiger partial charge in [-0.05, 0) is 43.0 Å². The zero-order valence-corrected chi connectivity index (χ0v) is 14.4. The third kappa shape index (κ3) is 3.09. The SMILES string of the molecule is Fc1ccc(Cl)c(F)c1[C@@H]1CC2=C(CCc3cccnc3)NCN2C1. The van der Waals surface area contributed by atoms with Crippen molar-refractivity contribution in [1.29, 1.82) is 0 Å². The van der Waals surface area contributed by atoms with Gasteiger partial charge in [0.1, 0.15) is 11.6 Å². The highest BCUT2D eigenvalue weighted by molar-refractivity contribution is 6.30. The molecule has 3 nitrogen and oxygen atoms in total. The van der Waals surface area contributed by atoms with E-state index in [-0.39, 0.29) is 16.5 Å². The van der Waals surface area contributed by atoms with E-state index in [4.69, 9.17) is 11.6 Å². The van der Waals surface area contributed by atoms with Gasteiger partial charge in [-0.1, -0.05) is 17.7 Å². The van der Waals surface area contributed by atoms with Crippen molar-refractivity contribution >= 4 is 11.6 Å². The molecule has 0 unspecified atom stereocenters. The quantitative estimate of drug-likeness (QED) is 0.827. The maximum absolute atomic E-state index is 14.3. The van der Waals surface area contributed by atoms with Crippen molar-refractivity contribution in [3.63, 3.8) is 0 Å². The largest absolute Gasteiger partial charge is 0.370 e. The van der Waals surface area contributed by atoms with Crippen molar-refractivity contribution in [2.75, 3.05) is 13.2 Å². The van der Waals surface area contributed by atoms with Gasteiger partial charge in [-0.25, -0.2) is 8.78 Å². The van der Waals surface area contributed by atoms with E-state index in [9.17, 15) is 8.78 Å². The second kappa shape index (κ2) is 6.64. The molecule has 4 rings (SSSR count). The summed E-state index contributed by atoms with van der Waals surface area (Å²) in [6.07, 6.45) is 6.01. The lowest BCUT2D eigenvalue weighted by Crippen LogP contribution is -2.23. The zero-order chi connectivity index (χ0) is 17.4. The smallest absolute Gasteiger partial charge is 0.148 e. The lowest BCUT2D eigenvalue weighted by molar-refractivity contribution is 0.393. The molecule has 1 atom stereocenters. The lowest BCUT2D eigenvalue weighted by atomic mass is 9.95. The summed E-state index contributed by atoms with van der Waals surface area (Å²) in [6.45, 7) is 1.30. The number of nitrogens with one attached hydrogen (secondary N) is 1. The number of rotatable bonds is 4. The van der Waals surface area contributed by atoms with E-state index < -0.39 is 11.6 Å². The van der Waals surface area contributed by atoms with Crippen molar-refractivity contribution in [3.05, 3.63) is 75.8 Å². The molecule has 0 aliphatic carbocycles. The summed E-state index contributed by atoms with van der Waals surface area (Å²) in [5.41, 5.74) is 3.61. The van der Waals surface area contributed by atoms with Gasteiger partial charge in [-0.15, -0.1) is 0 Å². The van der Waals surface area contributed by atoms with Crippen LogP contribution in [0.2, 0.25) is 5.02 Å². The van der Waals surface area contributed by atoms with Crippen molar-refractivity contribution in [3.8, 4) is 0 Å². The Labute approximate surface area is 150 Å². The maximum atomic E-state index is 14.3. The van der Waals surface area contributed by atoms with Crippen molar-refractivity contribution < 1.29 is 8.78 Å². The van der Waals surface area contributed by atoms with E-state index >= 15 is 0 Å². The van der Waals surface area contributed by atoms with Crippen LogP contribution >= 0.6 is 11.6 Å². The number of hydrogen-bond acceptors (Lipinski definition) is 3. The molecule has 0 saturated carbocycles. The summed E-state index contributed by atoms with van der Waals surface area (Å²) >= 11 is 5.85. The summed E-state index contributed by atoms with van der Waals surface area (Å²) in [4.78, 5) is 6.30. The summed E-state index contributed by atoms with van der Waals surface area (Å²) in [6, 6.07) is 6.50. The summed E-state index contributed by atoms with van der Waals surface area (Å²) in [7, 11) is 0. The van der Waals surface area contributed by atoms with Crippen LogP contribution in [-0.2, 0) is 6.42 Å². The molecule has 0 bridgehead atoms. The fraction of sp³-hybridized carbons (Fsp3) is 0.316. The third-order valence-electron chi connectivity index (χ3n) is 4.97. The van der Waals surface area contributed by atoms with E-state index in [1.807, 2.05) is 12.3 Å². The molecule has 3 heterocycles. The van der Waals surface area contributed by atoms with Crippen LogP contribution in [0.4, 0.5) is 8.78 Å². The minimum Gasteiger partial charge on any atom is -0.370 e. The number of benzene rings is 1. The number of halogens is 3. The highest BCUT2D eigenvalue weighted by Crippen LogP contribution is 2.40. The van der Waals surface area contributed by atoms with E-state index in [0.717, 1.165) is 24.2 Å². The van der Waals surface area contributed by atoms with Crippen LogP contribution in [0.25, 0.3) is 0 Å². The number of allylic oxidation sites excluding steroid dienone is 2. The zero-order valence-electron chi connectivity index (χ0n) is 13.6. The molecular formula is C19H18ClF2N3. The number of nitrogens with zero attached hydrogens (tertiary/aromatic N) is 2. The molecule has 25 heavy (non-hydrogen) atoms. The topological polar surface area (TPSA) is 28.2 Å². The van der Waals surface area contributed by atoms with Gasteiger partial charge in [-0.3, -0.25) is 4.98 Å². The fourth-order valence-electron chi connectivity index (χ4n) is 3.73. The second-order valence-electron chi connectivity index (χ2n) is 6.50. The van der Waals surface area contributed by atoms with Crippen molar-refractivity contribution in [2.24, 2.45) is 0 Å².